The minimum absolute atomic E-state index is 0.0603. The average molecular weight is 829 g/mol. The number of aliphatic carboxylic acids is 1. The highest BCUT2D eigenvalue weighted by Crippen LogP contribution is 2.38. The van der Waals surface area contributed by atoms with Crippen LogP contribution < -0.4 is 18.5 Å². The van der Waals surface area contributed by atoms with E-state index in [2.05, 4.69) is 4.98 Å². The van der Waals surface area contributed by atoms with E-state index in [4.69, 9.17) is 42.1 Å². The average Bonchev–Trinajstić information content (AvgIpc) is 3.69. The van der Waals surface area contributed by atoms with E-state index in [0.717, 1.165) is 45.5 Å². The van der Waals surface area contributed by atoms with Crippen LogP contribution >= 0.6 is 34.5 Å². The standard InChI is InChI=1S/C35H38Cl2FN3O9S2.C2H6/c1-4-5-6-15-49-35(44)40(22-33(42)43)14-7-8-23-17-25(36)10-12-29(23)50-31-20-28(38)32(19-27(31)37)52(45,46)41(34-39-13-16-51-34)21-24-9-11-26(47-2)18-30(24)48-3;1-2/h9-13,16-20H,4-8,14-15,21-22H2,1-3H3,(H,42,43);1-2H3. The predicted molar refractivity (Wildman–Crippen MR) is 208 cm³/mol. The van der Waals surface area contributed by atoms with E-state index in [0.29, 0.717) is 40.5 Å². The number of anilines is 1. The van der Waals surface area contributed by atoms with Crippen LogP contribution in [-0.4, -0.2) is 69.4 Å². The van der Waals surface area contributed by atoms with Crippen molar-refractivity contribution in [1.82, 2.24) is 9.88 Å². The van der Waals surface area contributed by atoms with Gasteiger partial charge < -0.3 is 24.1 Å². The van der Waals surface area contributed by atoms with Crippen molar-refractivity contribution in [2.24, 2.45) is 0 Å². The molecule has 1 N–H and O–H groups in total. The maximum Gasteiger partial charge on any atom is 0.410 e. The lowest BCUT2D eigenvalue weighted by atomic mass is 10.1. The van der Waals surface area contributed by atoms with E-state index in [1.807, 2.05) is 20.8 Å². The molecule has 12 nitrogen and oxygen atoms in total. The number of aryl methyl sites for hydroxylation is 1. The molecule has 0 radical (unpaired) electrons. The van der Waals surface area contributed by atoms with Gasteiger partial charge in [-0.05, 0) is 61.2 Å². The maximum absolute atomic E-state index is 15.9. The van der Waals surface area contributed by atoms with Crippen molar-refractivity contribution in [3.63, 3.8) is 0 Å². The van der Waals surface area contributed by atoms with Gasteiger partial charge in [0.25, 0.3) is 10.0 Å². The zero-order valence-corrected chi connectivity index (χ0v) is 33.8. The number of unbranched alkanes of at least 4 members (excludes halogenated alkanes) is 2. The van der Waals surface area contributed by atoms with Gasteiger partial charge in [0.1, 0.15) is 40.3 Å². The Morgan fingerprint density at radius 3 is 2.35 bits per heavy atom. The number of sulfonamides is 1. The van der Waals surface area contributed by atoms with Crippen LogP contribution in [0.4, 0.5) is 14.3 Å². The van der Waals surface area contributed by atoms with Crippen molar-refractivity contribution in [2.75, 3.05) is 38.2 Å². The molecule has 17 heteroatoms. The lowest BCUT2D eigenvalue weighted by molar-refractivity contribution is -0.138. The summed E-state index contributed by atoms with van der Waals surface area (Å²) in [5, 5.41) is 11.2. The summed E-state index contributed by atoms with van der Waals surface area (Å²) >= 11 is 13.9. The van der Waals surface area contributed by atoms with Crippen molar-refractivity contribution < 1.29 is 46.5 Å². The second-order valence-electron chi connectivity index (χ2n) is 11.3. The molecule has 0 bridgehead atoms. The molecule has 4 aromatic rings. The zero-order chi connectivity index (χ0) is 39.8. The molecule has 3 aromatic carbocycles. The molecule has 0 spiro atoms. The normalized spacial score (nSPS) is 10.9. The van der Waals surface area contributed by atoms with Gasteiger partial charge in [0.2, 0.25) is 0 Å². The number of carboxylic acids is 1. The Morgan fingerprint density at radius 2 is 1.70 bits per heavy atom. The molecule has 1 amide bonds. The van der Waals surface area contributed by atoms with Gasteiger partial charge in [0.05, 0.1) is 32.4 Å². The van der Waals surface area contributed by atoms with Crippen molar-refractivity contribution in [1.29, 1.82) is 0 Å². The van der Waals surface area contributed by atoms with Crippen LogP contribution in [-0.2, 0) is 32.5 Å². The Labute approximate surface area is 329 Å². The molecule has 54 heavy (non-hydrogen) atoms. The maximum atomic E-state index is 15.9. The van der Waals surface area contributed by atoms with Gasteiger partial charge in [-0.1, -0.05) is 56.8 Å². The summed E-state index contributed by atoms with van der Waals surface area (Å²) in [5.41, 5.74) is 1.02. The summed E-state index contributed by atoms with van der Waals surface area (Å²) < 4.78 is 66.9. The SMILES string of the molecule is CC.CCCCCOC(=O)N(CCCc1cc(Cl)ccc1Oc1cc(F)c(S(=O)(=O)N(Cc2ccc(OC)cc2OC)c2nccs2)cc1Cl)CC(=O)O. The summed E-state index contributed by atoms with van der Waals surface area (Å²) in [5.74, 6) is -1.38. The topological polar surface area (TPSA) is 145 Å². The molecule has 0 saturated carbocycles. The number of amides is 1. The molecule has 0 saturated heterocycles. The molecule has 1 aromatic heterocycles. The Hall–Kier alpha value is -4.31. The third-order valence-corrected chi connectivity index (χ3v) is 10.9. The molecule has 294 valence electrons. The van der Waals surface area contributed by atoms with E-state index in [1.54, 1.807) is 41.8 Å². The Morgan fingerprint density at radius 1 is 0.944 bits per heavy atom. The van der Waals surface area contributed by atoms with E-state index < -0.39 is 39.3 Å². The van der Waals surface area contributed by atoms with Gasteiger partial charge in [0, 0.05) is 40.8 Å². The van der Waals surface area contributed by atoms with Gasteiger partial charge in [-0.3, -0.25) is 9.69 Å². The first-order valence-corrected chi connectivity index (χ1v) is 20.2. The summed E-state index contributed by atoms with van der Waals surface area (Å²) in [6.45, 7) is 5.48. The third kappa shape index (κ3) is 12.1. The molecule has 0 aliphatic rings. The number of carbonyl (C=O) groups is 2. The number of methoxy groups -OCH3 is 2. The minimum atomic E-state index is -4.59. The van der Waals surface area contributed by atoms with Crippen LogP contribution in [0.1, 0.15) is 57.6 Å². The van der Waals surface area contributed by atoms with Gasteiger partial charge in [0.15, 0.2) is 5.13 Å². The number of carbonyl (C=O) groups excluding carboxylic acids is 1. The highest BCUT2D eigenvalue weighted by atomic mass is 35.5. The first-order chi connectivity index (χ1) is 25.9. The highest BCUT2D eigenvalue weighted by molar-refractivity contribution is 7.93. The summed E-state index contributed by atoms with van der Waals surface area (Å²) in [6.07, 6.45) is 3.77. The van der Waals surface area contributed by atoms with Crippen LogP contribution in [0.25, 0.3) is 0 Å². The molecule has 4 rings (SSSR count). The second-order valence-corrected chi connectivity index (χ2v) is 14.9. The summed E-state index contributed by atoms with van der Waals surface area (Å²) in [7, 11) is -1.66. The largest absolute Gasteiger partial charge is 0.497 e. The number of hydrogen-bond acceptors (Lipinski definition) is 10. The van der Waals surface area contributed by atoms with Gasteiger partial charge >= 0.3 is 12.1 Å². The number of ether oxygens (including phenoxy) is 4. The fourth-order valence-corrected chi connectivity index (χ4v) is 7.86. The lowest BCUT2D eigenvalue weighted by Crippen LogP contribution is -2.37. The van der Waals surface area contributed by atoms with Crippen molar-refractivity contribution in [3.8, 4) is 23.0 Å². The number of hydrogen-bond donors (Lipinski definition) is 1. The van der Waals surface area contributed by atoms with Crippen LogP contribution in [0.5, 0.6) is 23.0 Å². The summed E-state index contributed by atoms with van der Waals surface area (Å²) in [4.78, 5) is 28.5. The van der Waals surface area contributed by atoms with Crippen LogP contribution in [0.3, 0.4) is 0 Å². The van der Waals surface area contributed by atoms with Gasteiger partial charge in [-0.2, -0.15) is 0 Å². The molecule has 0 aliphatic heterocycles. The fourth-order valence-electron chi connectivity index (χ4n) is 5.06. The first kappa shape index (κ1) is 44.1. The number of nitrogens with zero attached hydrogens (tertiary/aromatic N) is 3. The number of aromatic nitrogens is 1. The number of halogens is 3. The van der Waals surface area contributed by atoms with Crippen LogP contribution in [0, 0.1) is 5.82 Å². The predicted octanol–water partition coefficient (Wildman–Crippen LogP) is 9.47. The molecule has 0 aliphatic carbocycles. The van der Waals surface area contributed by atoms with E-state index in [9.17, 15) is 23.1 Å². The lowest BCUT2D eigenvalue weighted by Gasteiger charge is -2.24. The molecule has 0 atom stereocenters. The van der Waals surface area contributed by atoms with Crippen LogP contribution in [0.15, 0.2) is 65.0 Å². The Kier molecular flexibility index (Phi) is 17.6. The number of carboxylic acid groups (broad SMARTS) is 1. The fraction of sp³-hybridized carbons (Fsp3) is 0.378. The van der Waals surface area contributed by atoms with Gasteiger partial charge in [-0.15, -0.1) is 11.3 Å². The highest BCUT2D eigenvalue weighted by Gasteiger charge is 2.32. The molecular formula is C37H44Cl2FN3O9S2. The smallest absolute Gasteiger partial charge is 0.410 e. The monoisotopic (exact) mass is 827 g/mol. The van der Waals surface area contributed by atoms with E-state index in [-0.39, 0.29) is 47.8 Å². The molecule has 0 fully saturated rings. The molecule has 1 heterocycles. The minimum Gasteiger partial charge on any atom is -0.497 e. The summed E-state index contributed by atoms with van der Waals surface area (Å²) in [6, 6.07) is 11.4. The van der Waals surface area contributed by atoms with Gasteiger partial charge in [-0.25, -0.2) is 26.9 Å². The second kappa shape index (κ2) is 21.5. The van der Waals surface area contributed by atoms with Crippen LogP contribution in [0.2, 0.25) is 10.0 Å². The first-order valence-electron chi connectivity index (χ1n) is 17.1. The number of rotatable bonds is 19. The van der Waals surface area contributed by atoms with E-state index >= 15 is 4.39 Å². The number of thiazole rings is 1. The Balaban J connectivity index is 0.00000385. The zero-order valence-electron chi connectivity index (χ0n) is 30.6. The van der Waals surface area contributed by atoms with Crippen molar-refractivity contribution in [2.45, 2.75) is 64.3 Å². The molecular weight excluding hydrogens is 784 g/mol. The quantitative estimate of drug-likeness (QED) is 0.0908. The Bertz CT molecular complexity index is 1950. The molecule has 0 unspecified atom stereocenters. The third-order valence-electron chi connectivity index (χ3n) is 7.67. The number of benzene rings is 3. The van der Waals surface area contributed by atoms with Crippen molar-refractivity contribution >= 4 is 61.8 Å². The van der Waals surface area contributed by atoms with E-state index in [1.165, 1.54) is 20.4 Å². The van der Waals surface area contributed by atoms with Crippen molar-refractivity contribution in [3.05, 3.63) is 87.1 Å².